The number of halogens is 1. The van der Waals surface area contributed by atoms with E-state index in [9.17, 15) is 4.79 Å². The molecule has 0 saturated carbocycles. The first-order valence-electron chi connectivity index (χ1n) is 6.46. The van der Waals surface area contributed by atoms with Gasteiger partial charge in [-0.15, -0.1) is 0 Å². The summed E-state index contributed by atoms with van der Waals surface area (Å²) in [6.07, 6.45) is 1.52. The molecule has 2 heterocycles. The summed E-state index contributed by atoms with van der Waals surface area (Å²) in [5, 5.41) is 0. The number of primary amides is 1. The maximum atomic E-state index is 11.7. The molecule has 22 heavy (non-hydrogen) atoms. The Kier molecular flexibility index (Phi) is 3.68. The van der Waals surface area contributed by atoms with Gasteiger partial charge in [-0.2, -0.15) is 0 Å². The highest BCUT2D eigenvalue weighted by atomic mass is 79.9. The monoisotopic (exact) mass is 357 g/mol. The van der Waals surface area contributed by atoms with Gasteiger partial charge in [0.15, 0.2) is 0 Å². The minimum Gasteiger partial charge on any atom is -0.464 e. The molecule has 2 aromatic heterocycles. The molecule has 0 bridgehead atoms. The number of rotatable bonds is 3. The first kappa shape index (κ1) is 14.3. The smallest absolute Gasteiger partial charge is 0.253 e. The third-order valence-electron chi connectivity index (χ3n) is 3.22. The van der Waals surface area contributed by atoms with E-state index in [0.29, 0.717) is 17.0 Å². The molecular weight excluding hydrogens is 346 g/mol. The number of aromatic nitrogens is 1. The van der Waals surface area contributed by atoms with Gasteiger partial charge in [-0.3, -0.25) is 4.79 Å². The number of carbonyl (C=O) groups is 1. The lowest BCUT2D eigenvalue weighted by molar-refractivity contribution is 0.100. The molecule has 1 aromatic carbocycles. The van der Waals surface area contributed by atoms with Gasteiger partial charge in [0, 0.05) is 15.6 Å². The Bertz CT molecular complexity index is 827. The van der Waals surface area contributed by atoms with Crippen LogP contribution in [0.15, 0.2) is 57.6 Å². The molecule has 110 valence electrons. The number of hydrogen-bond donors (Lipinski definition) is 2. The van der Waals surface area contributed by atoms with Crippen LogP contribution in [-0.2, 0) is 0 Å². The molecule has 0 unspecified atom stereocenters. The number of carbonyl (C=O) groups excluding carboxylic acids is 1. The van der Waals surface area contributed by atoms with E-state index >= 15 is 0 Å². The summed E-state index contributed by atoms with van der Waals surface area (Å²) in [5.41, 5.74) is 13.6. The van der Waals surface area contributed by atoms with Crippen molar-refractivity contribution in [3.05, 3.63) is 58.8 Å². The topological polar surface area (TPSA) is 95.1 Å². The van der Waals surface area contributed by atoms with E-state index in [1.165, 1.54) is 6.26 Å². The molecule has 3 rings (SSSR count). The van der Waals surface area contributed by atoms with Gasteiger partial charge in [-0.1, -0.05) is 28.1 Å². The summed E-state index contributed by atoms with van der Waals surface area (Å²) < 4.78 is 6.34. The SMILES string of the molecule is NC(=O)c1c(-c2ccco2)cc(-c2ccc(Br)cc2)nc1N. The average molecular weight is 358 g/mol. The fraction of sp³-hybridized carbons (Fsp3) is 0. The Morgan fingerprint density at radius 1 is 1.18 bits per heavy atom. The lowest BCUT2D eigenvalue weighted by Gasteiger charge is -2.10. The number of benzene rings is 1. The number of amides is 1. The van der Waals surface area contributed by atoms with Crippen molar-refractivity contribution in [2.45, 2.75) is 0 Å². The van der Waals surface area contributed by atoms with E-state index in [1.54, 1.807) is 18.2 Å². The summed E-state index contributed by atoms with van der Waals surface area (Å²) >= 11 is 3.39. The minimum atomic E-state index is -0.640. The van der Waals surface area contributed by atoms with E-state index in [2.05, 4.69) is 20.9 Å². The average Bonchev–Trinajstić information content (AvgIpc) is 3.00. The Hall–Kier alpha value is -2.60. The predicted octanol–water partition coefficient (Wildman–Crippen LogP) is 3.45. The van der Waals surface area contributed by atoms with Crippen molar-refractivity contribution < 1.29 is 9.21 Å². The lowest BCUT2D eigenvalue weighted by atomic mass is 10.0. The second-order valence-corrected chi connectivity index (χ2v) is 5.58. The van der Waals surface area contributed by atoms with Gasteiger partial charge in [0.2, 0.25) is 0 Å². The molecule has 0 aliphatic heterocycles. The second-order valence-electron chi connectivity index (χ2n) is 4.66. The molecule has 0 fully saturated rings. The zero-order chi connectivity index (χ0) is 15.7. The van der Waals surface area contributed by atoms with Crippen molar-refractivity contribution in [1.82, 2.24) is 4.98 Å². The van der Waals surface area contributed by atoms with E-state index < -0.39 is 5.91 Å². The molecule has 0 spiro atoms. The Balaban J connectivity index is 2.22. The van der Waals surface area contributed by atoms with E-state index in [0.717, 1.165) is 10.0 Å². The third-order valence-corrected chi connectivity index (χ3v) is 3.75. The number of anilines is 1. The fourth-order valence-electron chi connectivity index (χ4n) is 2.22. The maximum absolute atomic E-state index is 11.7. The van der Waals surface area contributed by atoms with E-state index in [1.807, 2.05) is 24.3 Å². The number of nitrogen functional groups attached to an aromatic ring is 1. The number of nitrogens with two attached hydrogens (primary N) is 2. The summed E-state index contributed by atoms with van der Waals surface area (Å²) in [5.74, 6) is -0.0423. The first-order valence-corrected chi connectivity index (χ1v) is 7.25. The number of nitrogens with zero attached hydrogens (tertiary/aromatic N) is 1. The molecule has 6 heteroatoms. The summed E-state index contributed by atoms with van der Waals surface area (Å²) in [6, 6.07) is 12.8. The number of pyridine rings is 1. The highest BCUT2D eigenvalue weighted by Gasteiger charge is 2.19. The minimum absolute atomic E-state index is 0.0827. The Morgan fingerprint density at radius 2 is 1.91 bits per heavy atom. The van der Waals surface area contributed by atoms with Crippen molar-refractivity contribution in [2.75, 3.05) is 5.73 Å². The molecule has 0 saturated heterocycles. The second kappa shape index (κ2) is 5.65. The van der Waals surface area contributed by atoms with Crippen molar-refractivity contribution in [1.29, 1.82) is 0 Å². The molecule has 0 atom stereocenters. The van der Waals surface area contributed by atoms with Gasteiger partial charge in [0.25, 0.3) is 5.91 Å². The van der Waals surface area contributed by atoms with Crippen LogP contribution in [0.25, 0.3) is 22.6 Å². The van der Waals surface area contributed by atoms with Gasteiger partial charge in [-0.05, 0) is 30.3 Å². The normalized spacial score (nSPS) is 10.6. The first-order chi connectivity index (χ1) is 10.6. The lowest BCUT2D eigenvalue weighted by Crippen LogP contribution is -2.16. The van der Waals surface area contributed by atoms with E-state index in [-0.39, 0.29) is 11.4 Å². The molecule has 0 aliphatic carbocycles. The largest absolute Gasteiger partial charge is 0.464 e. The molecule has 4 N–H and O–H groups in total. The van der Waals surface area contributed by atoms with Crippen LogP contribution in [-0.4, -0.2) is 10.9 Å². The van der Waals surface area contributed by atoms with E-state index in [4.69, 9.17) is 15.9 Å². The van der Waals surface area contributed by atoms with Crippen LogP contribution in [0.2, 0.25) is 0 Å². The summed E-state index contributed by atoms with van der Waals surface area (Å²) in [4.78, 5) is 16.0. The zero-order valence-electron chi connectivity index (χ0n) is 11.4. The number of furan rings is 1. The summed E-state index contributed by atoms with van der Waals surface area (Å²) in [6.45, 7) is 0. The molecule has 5 nitrogen and oxygen atoms in total. The predicted molar refractivity (Wildman–Crippen MR) is 88.0 cm³/mol. The maximum Gasteiger partial charge on any atom is 0.253 e. The molecule has 3 aromatic rings. The Labute approximate surface area is 135 Å². The third kappa shape index (κ3) is 2.60. The van der Waals surface area contributed by atoms with Crippen LogP contribution in [0, 0.1) is 0 Å². The van der Waals surface area contributed by atoms with Gasteiger partial charge in [0.1, 0.15) is 11.6 Å². The van der Waals surface area contributed by atoms with Gasteiger partial charge in [0.05, 0.1) is 17.5 Å². The van der Waals surface area contributed by atoms with Crippen LogP contribution < -0.4 is 11.5 Å². The van der Waals surface area contributed by atoms with Crippen LogP contribution in [0.5, 0.6) is 0 Å². The van der Waals surface area contributed by atoms with Crippen molar-refractivity contribution in [3.63, 3.8) is 0 Å². The quantitative estimate of drug-likeness (QED) is 0.750. The van der Waals surface area contributed by atoms with Crippen LogP contribution >= 0.6 is 15.9 Å². The van der Waals surface area contributed by atoms with Gasteiger partial charge in [-0.25, -0.2) is 4.98 Å². The standard InChI is InChI=1S/C16H12BrN3O2/c17-10-5-3-9(4-6-10)12-8-11(13-2-1-7-22-13)14(16(19)21)15(18)20-12/h1-8H,(H2,18,20)(H2,19,21). The molecular formula is C16H12BrN3O2. The van der Waals surface area contributed by atoms with Crippen LogP contribution in [0.1, 0.15) is 10.4 Å². The van der Waals surface area contributed by atoms with Crippen molar-refractivity contribution in [3.8, 4) is 22.6 Å². The van der Waals surface area contributed by atoms with Crippen molar-refractivity contribution >= 4 is 27.7 Å². The molecule has 0 radical (unpaired) electrons. The fourth-order valence-corrected chi connectivity index (χ4v) is 2.48. The zero-order valence-corrected chi connectivity index (χ0v) is 13.0. The number of hydrogen-bond acceptors (Lipinski definition) is 4. The summed E-state index contributed by atoms with van der Waals surface area (Å²) in [7, 11) is 0. The molecule has 0 aliphatic rings. The highest BCUT2D eigenvalue weighted by Crippen LogP contribution is 2.32. The van der Waals surface area contributed by atoms with Crippen LogP contribution in [0.3, 0.4) is 0 Å². The highest BCUT2D eigenvalue weighted by molar-refractivity contribution is 9.10. The van der Waals surface area contributed by atoms with Crippen LogP contribution in [0.4, 0.5) is 5.82 Å². The molecule has 1 amide bonds. The van der Waals surface area contributed by atoms with Crippen molar-refractivity contribution in [2.24, 2.45) is 5.73 Å². The van der Waals surface area contributed by atoms with Gasteiger partial charge >= 0.3 is 0 Å². The van der Waals surface area contributed by atoms with Gasteiger partial charge < -0.3 is 15.9 Å². The Morgan fingerprint density at radius 3 is 2.50 bits per heavy atom.